The lowest BCUT2D eigenvalue weighted by Gasteiger charge is -2.08. The molecule has 0 spiro atoms. The first-order valence-corrected chi connectivity index (χ1v) is 7.03. The van der Waals surface area contributed by atoms with E-state index in [9.17, 15) is 27.7 Å². The van der Waals surface area contributed by atoms with Gasteiger partial charge >= 0.3 is 5.97 Å². The summed E-state index contributed by atoms with van der Waals surface area (Å²) in [7, 11) is -3.99. The third-order valence-electron chi connectivity index (χ3n) is 2.22. The van der Waals surface area contributed by atoms with E-state index in [2.05, 4.69) is 0 Å². The number of rotatable bonds is 7. The summed E-state index contributed by atoms with van der Waals surface area (Å²) in [5.74, 6) is -2.52. The van der Waals surface area contributed by atoms with Crippen molar-refractivity contribution in [1.82, 2.24) is 0 Å². The Bertz CT molecular complexity index is 631. The highest BCUT2D eigenvalue weighted by molar-refractivity contribution is 7.92. The quantitative estimate of drug-likeness (QED) is 0.578. The first kappa shape index (κ1) is 15.8. The molecule has 0 heterocycles. The van der Waals surface area contributed by atoms with Crippen molar-refractivity contribution in [3.63, 3.8) is 0 Å². The minimum Gasteiger partial charge on any atom is -0.481 e. The Morgan fingerprint density at radius 1 is 1.45 bits per heavy atom. The van der Waals surface area contributed by atoms with Crippen molar-refractivity contribution in [2.45, 2.75) is 12.8 Å². The molecule has 0 atom stereocenters. The van der Waals surface area contributed by atoms with Crippen LogP contribution in [0.4, 0.5) is 15.8 Å². The predicted octanol–water partition coefficient (Wildman–Crippen LogP) is 1.34. The first-order chi connectivity index (χ1) is 9.21. The van der Waals surface area contributed by atoms with E-state index >= 15 is 0 Å². The third-order valence-corrected chi connectivity index (χ3v) is 3.58. The SMILES string of the molecule is O=C(O)CCCS(=O)(=O)Nc1cc(F)ccc1[N+](=O)[O-]. The number of aliphatic carboxylic acids is 1. The highest BCUT2D eigenvalue weighted by Gasteiger charge is 2.20. The van der Waals surface area contributed by atoms with Crippen molar-refractivity contribution in [2.24, 2.45) is 0 Å². The summed E-state index contributed by atoms with van der Waals surface area (Å²) >= 11 is 0. The molecule has 0 saturated carbocycles. The van der Waals surface area contributed by atoms with Gasteiger partial charge in [-0.25, -0.2) is 12.8 Å². The van der Waals surface area contributed by atoms with Crippen LogP contribution in [-0.4, -0.2) is 30.2 Å². The Hall–Kier alpha value is -2.23. The van der Waals surface area contributed by atoms with Crippen LogP contribution in [0.25, 0.3) is 0 Å². The first-order valence-electron chi connectivity index (χ1n) is 5.37. The van der Waals surface area contributed by atoms with E-state index < -0.39 is 43.9 Å². The lowest BCUT2D eigenvalue weighted by atomic mass is 10.3. The normalized spacial score (nSPS) is 11.1. The van der Waals surface area contributed by atoms with Crippen LogP contribution in [-0.2, 0) is 14.8 Å². The van der Waals surface area contributed by atoms with Gasteiger partial charge in [-0.05, 0) is 12.5 Å². The topological polar surface area (TPSA) is 127 Å². The molecule has 0 unspecified atom stereocenters. The second-order valence-corrected chi connectivity index (χ2v) is 5.68. The van der Waals surface area contributed by atoms with E-state index in [1.807, 2.05) is 4.72 Å². The highest BCUT2D eigenvalue weighted by atomic mass is 32.2. The van der Waals surface area contributed by atoms with Gasteiger partial charge in [0.2, 0.25) is 10.0 Å². The molecule has 10 heteroatoms. The van der Waals surface area contributed by atoms with Crippen molar-refractivity contribution in [3.8, 4) is 0 Å². The van der Waals surface area contributed by atoms with E-state index in [1.165, 1.54) is 0 Å². The van der Waals surface area contributed by atoms with Gasteiger partial charge < -0.3 is 5.11 Å². The van der Waals surface area contributed by atoms with Gasteiger partial charge in [-0.15, -0.1) is 0 Å². The molecule has 0 aliphatic heterocycles. The number of anilines is 1. The lowest BCUT2D eigenvalue weighted by molar-refractivity contribution is -0.383. The molecule has 0 amide bonds. The smallest absolute Gasteiger partial charge is 0.303 e. The van der Waals surface area contributed by atoms with E-state index in [1.54, 1.807) is 0 Å². The number of nitrogens with zero attached hydrogens (tertiary/aromatic N) is 1. The number of halogens is 1. The summed E-state index contributed by atoms with van der Waals surface area (Å²) in [4.78, 5) is 20.1. The largest absolute Gasteiger partial charge is 0.481 e. The molecule has 0 saturated heterocycles. The zero-order valence-electron chi connectivity index (χ0n) is 10.1. The molecule has 0 bridgehead atoms. The van der Waals surface area contributed by atoms with Gasteiger partial charge in [-0.3, -0.25) is 19.6 Å². The third kappa shape index (κ3) is 4.80. The molecule has 8 nitrogen and oxygen atoms in total. The molecule has 20 heavy (non-hydrogen) atoms. The summed E-state index contributed by atoms with van der Waals surface area (Å²) in [6.45, 7) is 0. The van der Waals surface area contributed by atoms with Gasteiger partial charge in [-0.1, -0.05) is 0 Å². The summed E-state index contributed by atoms with van der Waals surface area (Å²) in [6, 6.07) is 2.36. The molecule has 1 rings (SSSR count). The van der Waals surface area contributed by atoms with Crippen LogP contribution >= 0.6 is 0 Å². The van der Waals surface area contributed by atoms with Crippen molar-refractivity contribution in [2.75, 3.05) is 10.5 Å². The minimum absolute atomic E-state index is 0.159. The Morgan fingerprint density at radius 3 is 2.65 bits per heavy atom. The molecule has 0 radical (unpaired) electrons. The Balaban J connectivity index is 2.88. The summed E-state index contributed by atoms with van der Waals surface area (Å²) < 4.78 is 38.1. The van der Waals surface area contributed by atoms with Gasteiger partial charge in [-0.2, -0.15) is 0 Å². The molecule has 0 aromatic heterocycles. The molecular formula is C10H11FN2O6S. The monoisotopic (exact) mass is 306 g/mol. The standard InChI is InChI=1S/C10H11FN2O6S/c11-7-3-4-9(13(16)17)8(6-7)12-20(18,19)5-1-2-10(14)15/h3-4,6,12H,1-2,5H2,(H,14,15). The van der Waals surface area contributed by atoms with E-state index in [0.29, 0.717) is 6.07 Å². The van der Waals surface area contributed by atoms with Crippen molar-refractivity contribution in [1.29, 1.82) is 0 Å². The molecule has 0 aliphatic carbocycles. The number of nitro groups is 1. The number of carbonyl (C=O) groups is 1. The molecule has 0 fully saturated rings. The molecule has 1 aromatic carbocycles. The fourth-order valence-electron chi connectivity index (χ4n) is 1.38. The van der Waals surface area contributed by atoms with Crippen LogP contribution in [0.1, 0.15) is 12.8 Å². The van der Waals surface area contributed by atoms with Gasteiger partial charge in [0.25, 0.3) is 5.69 Å². The molecule has 110 valence electrons. The van der Waals surface area contributed by atoms with Crippen molar-refractivity contribution >= 4 is 27.4 Å². The van der Waals surface area contributed by atoms with Crippen LogP contribution < -0.4 is 4.72 Å². The zero-order valence-corrected chi connectivity index (χ0v) is 10.9. The Labute approximate surface area is 113 Å². The van der Waals surface area contributed by atoms with E-state index in [4.69, 9.17) is 5.11 Å². The Morgan fingerprint density at radius 2 is 2.10 bits per heavy atom. The molecule has 0 aliphatic rings. The summed E-state index contributed by atoms with van der Waals surface area (Å²) in [6.07, 6.45) is -0.514. The number of sulfonamides is 1. The number of carboxylic acids is 1. The van der Waals surface area contributed by atoms with Crippen LogP contribution in [0, 0.1) is 15.9 Å². The average molecular weight is 306 g/mol. The van der Waals surface area contributed by atoms with E-state index in [-0.39, 0.29) is 12.8 Å². The highest BCUT2D eigenvalue weighted by Crippen LogP contribution is 2.26. The van der Waals surface area contributed by atoms with Crippen LogP contribution in [0.3, 0.4) is 0 Å². The van der Waals surface area contributed by atoms with Crippen LogP contribution in [0.2, 0.25) is 0 Å². The predicted molar refractivity (Wildman–Crippen MR) is 67.3 cm³/mol. The second-order valence-electron chi connectivity index (χ2n) is 3.84. The fourth-order valence-corrected chi connectivity index (χ4v) is 2.51. The number of nitro benzene ring substituents is 1. The van der Waals surface area contributed by atoms with Crippen LogP contribution in [0.15, 0.2) is 18.2 Å². The van der Waals surface area contributed by atoms with Gasteiger partial charge in [0.05, 0.1) is 10.7 Å². The minimum atomic E-state index is -3.99. The molecule has 2 N–H and O–H groups in total. The lowest BCUT2D eigenvalue weighted by Crippen LogP contribution is -2.18. The van der Waals surface area contributed by atoms with E-state index in [0.717, 1.165) is 12.1 Å². The Kier molecular flexibility index (Phi) is 4.97. The molecular weight excluding hydrogens is 295 g/mol. The molecule has 1 aromatic rings. The number of benzene rings is 1. The van der Waals surface area contributed by atoms with Gasteiger partial charge in [0.15, 0.2) is 0 Å². The second kappa shape index (κ2) is 6.28. The van der Waals surface area contributed by atoms with Crippen molar-refractivity contribution < 1.29 is 27.6 Å². The van der Waals surface area contributed by atoms with Gasteiger partial charge in [0, 0.05) is 18.6 Å². The van der Waals surface area contributed by atoms with Gasteiger partial charge in [0.1, 0.15) is 11.5 Å². The number of carboxylic acid groups (broad SMARTS) is 1. The number of nitrogens with one attached hydrogen (secondary N) is 1. The fraction of sp³-hybridized carbons (Fsp3) is 0.300. The zero-order chi connectivity index (χ0) is 15.3. The number of hydrogen-bond donors (Lipinski definition) is 2. The maximum Gasteiger partial charge on any atom is 0.303 e. The maximum absolute atomic E-state index is 13.0. The summed E-state index contributed by atoms with van der Waals surface area (Å²) in [5.41, 5.74) is -1.08. The van der Waals surface area contributed by atoms with Crippen LogP contribution in [0.5, 0.6) is 0 Å². The number of hydrogen-bond acceptors (Lipinski definition) is 5. The maximum atomic E-state index is 13.0. The summed E-state index contributed by atoms with van der Waals surface area (Å²) in [5, 5.41) is 19.1. The average Bonchev–Trinajstić information content (AvgIpc) is 2.26. The van der Waals surface area contributed by atoms with Crippen molar-refractivity contribution in [3.05, 3.63) is 34.1 Å².